The van der Waals surface area contributed by atoms with Crippen LogP contribution in [0.1, 0.15) is 22.4 Å². The lowest BCUT2D eigenvalue weighted by Crippen LogP contribution is -2.24. The second kappa shape index (κ2) is 8.60. The minimum atomic E-state index is -0.217. The van der Waals surface area contributed by atoms with Crippen molar-refractivity contribution >= 4 is 29.2 Å². The molecule has 0 atom stereocenters. The maximum absolute atomic E-state index is 13.9. The molecule has 0 aliphatic heterocycles. The first-order chi connectivity index (χ1) is 13.0. The van der Waals surface area contributed by atoms with Crippen molar-refractivity contribution in [3.8, 4) is 0 Å². The van der Waals surface area contributed by atoms with Gasteiger partial charge in [-0.1, -0.05) is 35.9 Å². The van der Waals surface area contributed by atoms with Crippen molar-refractivity contribution in [1.82, 2.24) is 9.99 Å². The van der Waals surface area contributed by atoms with Crippen LogP contribution < -0.4 is 10.7 Å². The van der Waals surface area contributed by atoms with Crippen LogP contribution in [-0.2, 0) is 6.54 Å². The highest BCUT2D eigenvalue weighted by Gasteiger charge is 2.04. The van der Waals surface area contributed by atoms with E-state index in [1.165, 1.54) is 11.6 Å². The third kappa shape index (κ3) is 5.01. The number of rotatable bonds is 5. The number of nitrogens with zero attached hydrogens (tertiary/aromatic N) is 2. The number of hydrogen-bond acceptors (Lipinski definition) is 2. The summed E-state index contributed by atoms with van der Waals surface area (Å²) >= 11 is 5.29. The van der Waals surface area contributed by atoms with Gasteiger partial charge in [-0.05, 0) is 55.9 Å². The van der Waals surface area contributed by atoms with E-state index in [1.54, 1.807) is 18.3 Å². The van der Waals surface area contributed by atoms with Crippen LogP contribution >= 0.6 is 12.2 Å². The van der Waals surface area contributed by atoms with Gasteiger partial charge in [0.25, 0.3) is 0 Å². The third-order valence-corrected chi connectivity index (χ3v) is 4.35. The van der Waals surface area contributed by atoms with Crippen LogP contribution in [0.25, 0.3) is 0 Å². The van der Waals surface area contributed by atoms with Gasteiger partial charge in [-0.25, -0.2) is 4.39 Å². The molecule has 0 aliphatic rings. The molecule has 6 heteroatoms. The fraction of sp³-hybridized carbons (Fsp3) is 0.143. The van der Waals surface area contributed by atoms with Crippen molar-refractivity contribution in [1.29, 1.82) is 0 Å². The summed E-state index contributed by atoms with van der Waals surface area (Å²) in [4.78, 5) is 0. The number of hydrazone groups is 1. The summed E-state index contributed by atoms with van der Waals surface area (Å²) in [5.74, 6) is -0.217. The molecule has 1 heterocycles. The van der Waals surface area contributed by atoms with Crippen molar-refractivity contribution in [2.45, 2.75) is 20.4 Å². The Morgan fingerprint density at radius 2 is 1.96 bits per heavy atom. The van der Waals surface area contributed by atoms with Gasteiger partial charge in [0.2, 0.25) is 0 Å². The molecule has 1 aromatic heterocycles. The number of anilines is 1. The number of halogens is 1. The highest BCUT2D eigenvalue weighted by Crippen LogP contribution is 2.15. The van der Waals surface area contributed by atoms with Crippen LogP contribution in [0.15, 0.2) is 65.9 Å². The predicted molar refractivity (Wildman–Crippen MR) is 113 cm³/mol. The van der Waals surface area contributed by atoms with Gasteiger partial charge in [-0.15, -0.1) is 0 Å². The van der Waals surface area contributed by atoms with E-state index in [-0.39, 0.29) is 5.82 Å². The molecule has 0 saturated heterocycles. The van der Waals surface area contributed by atoms with Crippen molar-refractivity contribution in [2.75, 3.05) is 5.32 Å². The van der Waals surface area contributed by atoms with Gasteiger partial charge in [0.1, 0.15) is 5.82 Å². The van der Waals surface area contributed by atoms with Crippen molar-refractivity contribution in [3.63, 3.8) is 0 Å². The van der Waals surface area contributed by atoms with Gasteiger partial charge >= 0.3 is 0 Å². The minimum Gasteiger partial charge on any atom is -0.342 e. The molecule has 0 unspecified atom stereocenters. The summed E-state index contributed by atoms with van der Waals surface area (Å²) in [6.45, 7) is 4.51. The Balaban J connectivity index is 1.61. The van der Waals surface area contributed by atoms with Gasteiger partial charge in [0.05, 0.1) is 18.5 Å². The molecule has 2 N–H and O–H groups in total. The summed E-state index contributed by atoms with van der Waals surface area (Å²) in [6.07, 6.45) is 3.55. The Bertz CT molecular complexity index is 978. The monoisotopic (exact) mass is 380 g/mol. The summed E-state index contributed by atoms with van der Waals surface area (Å²) in [5, 5.41) is 7.73. The van der Waals surface area contributed by atoms with Crippen LogP contribution in [0.3, 0.4) is 0 Å². The van der Waals surface area contributed by atoms with Crippen molar-refractivity contribution < 1.29 is 4.39 Å². The Morgan fingerprint density at radius 1 is 1.15 bits per heavy atom. The number of nitrogens with one attached hydrogen (secondary N) is 2. The van der Waals surface area contributed by atoms with E-state index < -0.39 is 0 Å². The molecule has 0 saturated carbocycles. The zero-order chi connectivity index (χ0) is 19.2. The summed E-state index contributed by atoms with van der Waals surface area (Å²) in [5.41, 5.74) is 7.54. The molecule has 0 amide bonds. The summed E-state index contributed by atoms with van der Waals surface area (Å²) < 4.78 is 15.8. The van der Waals surface area contributed by atoms with Crippen molar-refractivity contribution in [2.24, 2.45) is 5.10 Å². The van der Waals surface area contributed by atoms with Gasteiger partial charge in [0, 0.05) is 17.4 Å². The standard InChI is InChI=1S/C21H21FN4S/c1-15-9-10-20(16(2)12-15)24-21(27)25-23-13-18-7-5-11-26(18)14-17-6-3-4-8-19(17)22/h3-13H,14H2,1-2H3,(H2,24,25,27). The fourth-order valence-electron chi connectivity index (χ4n) is 2.76. The maximum atomic E-state index is 13.9. The van der Waals surface area contributed by atoms with Crippen LogP contribution in [0.5, 0.6) is 0 Å². The fourth-order valence-corrected chi connectivity index (χ4v) is 2.92. The molecule has 27 heavy (non-hydrogen) atoms. The van der Waals surface area contributed by atoms with Crippen LogP contribution in [0.4, 0.5) is 10.1 Å². The smallest absolute Gasteiger partial charge is 0.191 e. The second-order valence-electron chi connectivity index (χ2n) is 6.29. The van der Waals surface area contributed by atoms with Gasteiger partial charge in [0.15, 0.2) is 5.11 Å². The molecule has 0 aliphatic carbocycles. The molecule has 138 valence electrons. The number of benzene rings is 2. The summed E-state index contributed by atoms with van der Waals surface area (Å²) in [7, 11) is 0. The number of aromatic nitrogens is 1. The first-order valence-electron chi connectivity index (χ1n) is 8.59. The second-order valence-corrected chi connectivity index (χ2v) is 6.70. The number of hydrogen-bond donors (Lipinski definition) is 2. The molecular weight excluding hydrogens is 359 g/mol. The third-order valence-electron chi connectivity index (χ3n) is 4.16. The molecule has 4 nitrogen and oxygen atoms in total. The minimum absolute atomic E-state index is 0.217. The molecule has 0 bridgehead atoms. The zero-order valence-corrected chi connectivity index (χ0v) is 16.1. The number of thiocarbonyl (C=S) groups is 1. The van der Waals surface area contributed by atoms with Gasteiger partial charge in [-0.2, -0.15) is 5.10 Å². The van der Waals surface area contributed by atoms with E-state index in [2.05, 4.69) is 21.9 Å². The van der Waals surface area contributed by atoms with E-state index >= 15 is 0 Å². The first kappa shape index (κ1) is 18.8. The average Bonchev–Trinajstić information content (AvgIpc) is 3.06. The highest BCUT2D eigenvalue weighted by atomic mass is 32.1. The maximum Gasteiger partial charge on any atom is 0.191 e. The highest BCUT2D eigenvalue weighted by molar-refractivity contribution is 7.80. The lowest BCUT2D eigenvalue weighted by Gasteiger charge is -2.10. The Labute approximate surface area is 163 Å². The van der Waals surface area contributed by atoms with Crippen LogP contribution in [-0.4, -0.2) is 15.9 Å². The largest absolute Gasteiger partial charge is 0.342 e. The summed E-state index contributed by atoms with van der Waals surface area (Å²) in [6, 6.07) is 16.7. The normalized spacial score (nSPS) is 10.9. The zero-order valence-electron chi connectivity index (χ0n) is 15.2. The molecular formula is C21H21FN4S. The molecule has 3 aromatic rings. The molecule has 2 aromatic carbocycles. The lowest BCUT2D eigenvalue weighted by molar-refractivity contribution is 0.599. The molecule has 0 radical (unpaired) electrons. The quantitative estimate of drug-likeness (QED) is 0.386. The van der Waals surface area contributed by atoms with Crippen molar-refractivity contribution in [3.05, 3.63) is 89.0 Å². The first-order valence-corrected chi connectivity index (χ1v) is 8.99. The molecule has 3 rings (SSSR count). The van der Waals surface area contributed by atoms with E-state index in [9.17, 15) is 4.39 Å². The average molecular weight is 380 g/mol. The molecule has 0 fully saturated rings. The Morgan fingerprint density at radius 3 is 2.74 bits per heavy atom. The SMILES string of the molecule is Cc1ccc(NC(=S)NN=Cc2cccn2Cc2ccccc2F)c(C)c1. The van der Waals surface area contributed by atoms with E-state index in [4.69, 9.17) is 12.2 Å². The lowest BCUT2D eigenvalue weighted by atomic mass is 10.1. The van der Waals surface area contributed by atoms with Crippen LogP contribution in [0.2, 0.25) is 0 Å². The molecule has 0 spiro atoms. The number of aryl methyl sites for hydroxylation is 2. The van der Waals surface area contributed by atoms with Gasteiger partial charge < -0.3 is 9.88 Å². The van der Waals surface area contributed by atoms with E-state index in [0.29, 0.717) is 17.2 Å². The van der Waals surface area contributed by atoms with Gasteiger partial charge in [-0.3, -0.25) is 5.43 Å². The van der Waals surface area contributed by atoms with Crippen LogP contribution in [0, 0.1) is 19.7 Å². The van der Waals surface area contributed by atoms with E-state index in [1.807, 2.05) is 54.9 Å². The Hall–Kier alpha value is -2.99. The predicted octanol–water partition coefficient (Wildman–Crippen LogP) is 4.61. The Kier molecular flexibility index (Phi) is 5.98. The van der Waals surface area contributed by atoms with E-state index in [0.717, 1.165) is 16.9 Å². The topological polar surface area (TPSA) is 41.4 Å².